The van der Waals surface area contributed by atoms with Crippen LogP contribution in [0.1, 0.15) is 10.4 Å². The Kier molecular flexibility index (Phi) is 7.07. The second-order valence-corrected chi connectivity index (χ2v) is 9.47. The molecule has 2 aromatic heterocycles. The molecule has 39 heavy (non-hydrogen) atoms. The molecule has 3 N–H and O–H groups in total. The number of fused-ring (bicyclic) bond motifs is 1. The van der Waals surface area contributed by atoms with Crippen LogP contribution in [0.15, 0.2) is 66.9 Å². The van der Waals surface area contributed by atoms with Crippen LogP contribution < -0.4 is 20.9 Å². The van der Waals surface area contributed by atoms with Gasteiger partial charge in [0.05, 0.1) is 13.2 Å². The second-order valence-electron chi connectivity index (χ2n) is 9.47. The summed E-state index contributed by atoms with van der Waals surface area (Å²) in [6.07, 6.45) is 1.91. The second kappa shape index (κ2) is 11.1. The Morgan fingerprint density at radius 2 is 1.51 bits per heavy atom. The van der Waals surface area contributed by atoms with Gasteiger partial charge in [-0.05, 0) is 60.7 Å². The first-order valence-corrected chi connectivity index (χ1v) is 13.1. The first kappa shape index (κ1) is 24.8. The predicted octanol–water partition coefficient (Wildman–Crippen LogP) is 2.92. The number of nitrogens with zero attached hydrogens (tertiary/aromatic N) is 5. The van der Waals surface area contributed by atoms with Crippen molar-refractivity contribution >= 4 is 34.6 Å². The molecule has 6 rings (SSSR count). The molecule has 0 spiro atoms. The quantitative estimate of drug-likeness (QED) is 0.366. The van der Waals surface area contributed by atoms with Crippen LogP contribution in [-0.4, -0.2) is 83.9 Å². The molecule has 2 aliphatic rings. The zero-order valence-electron chi connectivity index (χ0n) is 21.5. The van der Waals surface area contributed by atoms with E-state index in [-0.39, 0.29) is 11.9 Å². The number of nitrogens with one attached hydrogen (secondary N) is 3. The summed E-state index contributed by atoms with van der Waals surface area (Å²) in [4.78, 5) is 34.2. The number of amides is 3. The largest absolute Gasteiger partial charge is 0.378 e. The smallest absolute Gasteiger partial charge is 0.323 e. The topological polar surface area (TPSA) is 116 Å². The van der Waals surface area contributed by atoms with Crippen LogP contribution in [0.4, 0.5) is 22.0 Å². The molecule has 4 aromatic rings. The van der Waals surface area contributed by atoms with Crippen LogP contribution in [0.5, 0.6) is 0 Å². The van der Waals surface area contributed by atoms with Crippen LogP contribution in [-0.2, 0) is 4.74 Å². The number of ether oxygens (including phenoxy) is 1. The maximum atomic E-state index is 12.6. The highest BCUT2D eigenvalue weighted by molar-refractivity contribution is 6.00. The first-order chi connectivity index (χ1) is 19.1. The molecular weight excluding hydrogens is 496 g/mol. The molecule has 3 amide bonds. The molecule has 2 aromatic carbocycles. The Labute approximate surface area is 225 Å². The number of benzene rings is 2. The van der Waals surface area contributed by atoms with E-state index in [9.17, 15) is 9.59 Å². The Morgan fingerprint density at radius 1 is 0.846 bits per heavy atom. The number of hydrogen-bond donors (Lipinski definition) is 3. The van der Waals surface area contributed by atoms with E-state index in [4.69, 9.17) is 9.72 Å². The summed E-state index contributed by atoms with van der Waals surface area (Å²) in [6.45, 7) is 5.91. The summed E-state index contributed by atoms with van der Waals surface area (Å²) in [7, 11) is 0. The Hall–Kier alpha value is -4.48. The molecule has 0 atom stereocenters. The number of aromatic nitrogens is 3. The van der Waals surface area contributed by atoms with Gasteiger partial charge in [-0.2, -0.15) is 0 Å². The number of hydrogen-bond acceptors (Lipinski definition) is 7. The zero-order chi connectivity index (χ0) is 26.6. The van der Waals surface area contributed by atoms with Gasteiger partial charge >= 0.3 is 6.03 Å². The highest BCUT2D eigenvalue weighted by Gasteiger charge is 2.19. The van der Waals surface area contributed by atoms with Crippen LogP contribution >= 0.6 is 0 Å². The molecule has 11 heteroatoms. The van der Waals surface area contributed by atoms with E-state index in [1.54, 1.807) is 24.3 Å². The SMILES string of the molecule is O=C(Nc1ccc(C(=O)N2CCNCC2)cc1)Nc1ccc(-c2nc(N3CCOCC3)c3cccn3n2)cc1. The third-order valence-electron chi connectivity index (χ3n) is 6.88. The fraction of sp³-hybridized carbons (Fsp3) is 0.286. The molecule has 0 radical (unpaired) electrons. The van der Waals surface area contributed by atoms with Gasteiger partial charge in [0.1, 0.15) is 5.52 Å². The van der Waals surface area contributed by atoms with Crippen molar-refractivity contribution in [1.82, 2.24) is 24.8 Å². The number of urea groups is 1. The van der Waals surface area contributed by atoms with Crippen molar-refractivity contribution in [2.75, 3.05) is 68.0 Å². The van der Waals surface area contributed by atoms with Crippen LogP contribution in [0, 0.1) is 0 Å². The van der Waals surface area contributed by atoms with Crippen LogP contribution in [0.2, 0.25) is 0 Å². The Morgan fingerprint density at radius 3 is 2.21 bits per heavy atom. The van der Waals surface area contributed by atoms with E-state index in [0.29, 0.717) is 49.1 Å². The average molecular weight is 527 g/mol. The fourth-order valence-corrected chi connectivity index (χ4v) is 4.79. The van der Waals surface area contributed by atoms with E-state index >= 15 is 0 Å². The first-order valence-electron chi connectivity index (χ1n) is 13.1. The van der Waals surface area contributed by atoms with Crippen LogP contribution in [0.3, 0.4) is 0 Å². The van der Waals surface area contributed by atoms with Gasteiger partial charge in [-0.3, -0.25) is 4.79 Å². The molecule has 2 aliphatic heterocycles. The molecule has 0 aliphatic carbocycles. The molecule has 4 heterocycles. The number of carbonyl (C=O) groups excluding carboxylic acids is 2. The standard InChI is InChI=1S/C28H30N8O3/c37-27(35-14-11-29-12-15-35)21-5-9-23(10-6-21)31-28(38)30-22-7-3-20(4-8-22)25-32-26(34-16-18-39-19-17-34)24-2-1-13-36(24)33-25/h1-10,13,29H,11-12,14-19H2,(H2,30,31,38). The summed E-state index contributed by atoms with van der Waals surface area (Å²) in [6, 6.07) is 18.0. The van der Waals surface area contributed by atoms with E-state index < -0.39 is 0 Å². The lowest BCUT2D eigenvalue weighted by atomic mass is 10.1. The number of morpholine rings is 1. The maximum Gasteiger partial charge on any atom is 0.323 e. The molecule has 11 nitrogen and oxygen atoms in total. The van der Waals surface area contributed by atoms with Crippen molar-refractivity contribution in [3.63, 3.8) is 0 Å². The maximum absolute atomic E-state index is 12.6. The zero-order valence-corrected chi connectivity index (χ0v) is 21.5. The monoisotopic (exact) mass is 526 g/mol. The van der Waals surface area contributed by atoms with Crippen molar-refractivity contribution in [2.24, 2.45) is 0 Å². The summed E-state index contributed by atoms with van der Waals surface area (Å²) >= 11 is 0. The minimum atomic E-state index is -0.372. The third kappa shape index (κ3) is 5.54. The normalized spacial score (nSPS) is 15.8. The minimum Gasteiger partial charge on any atom is -0.378 e. The Bertz CT molecular complexity index is 1460. The average Bonchev–Trinajstić information content (AvgIpc) is 3.47. The summed E-state index contributed by atoms with van der Waals surface area (Å²) < 4.78 is 7.34. The molecule has 2 fully saturated rings. The predicted molar refractivity (Wildman–Crippen MR) is 149 cm³/mol. The van der Waals surface area contributed by atoms with Gasteiger partial charge in [0.2, 0.25) is 0 Å². The van der Waals surface area contributed by atoms with Gasteiger partial charge in [-0.25, -0.2) is 14.3 Å². The molecular formula is C28H30N8O3. The number of carbonyl (C=O) groups is 2. The van der Waals surface area contributed by atoms with Crippen LogP contribution in [0.25, 0.3) is 16.9 Å². The summed E-state index contributed by atoms with van der Waals surface area (Å²) in [5.74, 6) is 1.49. The summed E-state index contributed by atoms with van der Waals surface area (Å²) in [5, 5.41) is 13.6. The van der Waals surface area contributed by atoms with E-state index in [1.165, 1.54) is 0 Å². The highest BCUT2D eigenvalue weighted by atomic mass is 16.5. The van der Waals surface area contributed by atoms with Gasteiger partial charge in [-0.15, -0.1) is 5.10 Å². The van der Waals surface area contributed by atoms with Crippen molar-refractivity contribution in [3.05, 3.63) is 72.4 Å². The van der Waals surface area contributed by atoms with Crippen molar-refractivity contribution < 1.29 is 14.3 Å². The number of anilines is 3. The molecule has 0 bridgehead atoms. The molecule has 0 unspecified atom stereocenters. The molecule has 2 saturated heterocycles. The Balaban J connectivity index is 1.10. The number of piperazine rings is 1. The lowest BCUT2D eigenvalue weighted by molar-refractivity contribution is 0.0736. The summed E-state index contributed by atoms with van der Waals surface area (Å²) in [5.41, 5.74) is 3.64. The van der Waals surface area contributed by atoms with Gasteiger partial charge in [0, 0.05) is 68.0 Å². The van der Waals surface area contributed by atoms with Crippen molar-refractivity contribution in [2.45, 2.75) is 0 Å². The minimum absolute atomic E-state index is 0.00422. The number of rotatable bonds is 5. The molecule has 0 saturated carbocycles. The van der Waals surface area contributed by atoms with Crippen molar-refractivity contribution in [3.8, 4) is 11.4 Å². The van der Waals surface area contributed by atoms with E-state index in [0.717, 1.165) is 43.1 Å². The van der Waals surface area contributed by atoms with Gasteiger partial charge in [0.25, 0.3) is 5.91 Å². The van der Waals surface area contributed by atoms with E-state index in [1.807, 2.05) is 52.0 Å². The lowest BCUT2D eigenvalue weighted by Gasteiger charge is -2.28. The molecule has 200 valence electrons. The van der Waals surface area contributed by atoms with Crippen molar-refractivity contribution in [1.29, 1.82) is 0 Å². The lowest BCUT2D eigenvalue weighted by Crippen LogP contribution is -2.46. The third-order valence-corrected chi connectivity index (χ3v) is 6.88. The highest BCUT2D eigenvalue weighted by Crippen LogP contribution is 2.25. The van der Waals surface area contributed by atoms with E-state index in [2.05, 4.69) is 25.9 Å². The van der Waals surface area contributed by atoms with Gasteiger partial charge in [-0.1, -0.05) is 0 Å². The fourth-order valence-electron chi connectivity index (χ4n) is 4.79. The van der Waals surface area contributed by atoms with Gasteiger partial charge < -0.3 is 30.5 Å². The van der Waals surface area contributed by atoms with Gasteiger partial charge in [0.15, 0.2) is 11.6 Å².